The van der Waals surface area contributed by atoms with Crippen molar-refractivity contribution in [2.75, 3.05) is 6.61 Å². The lowest BCUT2D eigenvalue weighted by Gasteiger charge is -2.03. The molecule has 0 unspecified atom stereocenters. The van der Waals surface area contributed by atoms with E-state index in [4.69, 9.17) is 21.4 Å². The van der Waals surface area contributed by atoms with Gasteiger partial charge in [0.2, 0.25) is 0 Å². The summed E-state index contributed by atoms with van der Waals surface area (Å²) in [5.74, 6) is -0.540. The van der Waals surface area contributed by atoms with Crippen LogP contribution in [0.25, 0.3) is 10.9 Å². The summed E-state index contributed by atoms with van der Waals surface area (Å²) < 4.78 is 5.15. The van der Waals surface area contributed by atoms with Gasteiger partial charge in [-0.1, -0.05) is 11.6 Å². The van der Waals surface area contributed by atoms with Crippen LogP contribution in [0.4, 0.5) is 0 Å². The molecule has 2 aromatic rings. The molecular formula is C11H9ClNO3+. The third kappa shape index (κ3) is 2.06. The molecule has 0 radical (unpaired) electrons. The van der Waals surface area contributed by atoms with Crippen LogP contribution < -0.4 is 9.72 Å². The highest BCUT2D eigenvalue weighted by Gasteiger charge is 2.12. The highest BCUT2D eigenvalue weighted by molar-refractivity contribution is 6.35. The van der Waals surface area contributed by atoms with E-state index in [1.807, 2.05) is 12.1 Å². The van der Waals surface area contributed by atoms with Gasteiger partial charge in [0.05, 0.1) is 10.4 Å². The Hall–Kier alpha value is -1.81. The molecule has 4 nitrogen and oxygen atoms in total. The van der Waals surface area contributed by atoms with Crippen LogP contribution in [0.3, 0.4) is 0 Å². The molecule has 0 amide bonds. The Kier molecular flexibility index (Phi) is 2.92. The van der Waals surface area contributed by atoms with Crippen LogP contribution in [-0.2, 0) is 4.79 Å². The minimum absolute atomic E-state index is 0.376. The lowest BCUT2D eigenvalue weighted by atomic mass is 10.2. The van der Waals surface area contributed by atoms with Gasteiger partial charge in [-0.25, -0.2) is 9.78 Å². The third-order valence-corrected chi connectivity index (χ3v) is 2.42. The molecule has 1 aromatic heterocycles. The van der Waals surface area contributed by atoms with E-state index in [1.165, 1.54) is 0 Å². The normalized spacial score (nSPS) is 10.3. The van der Waals surface area contributed by atoms with Crippen molar-refractivity contribution in [3.05, 3.63) is 35.5 Å². The van der Waals surface area contributed by atoms with E-state index in [2.05, 4.69) is 4.98 Å². The first-order chi connectivity index (χ1) is 7.68. The number of benzene rings is 1. The van der Waals surface area contributed by atoms with Gasteiger partial charge in [-0.05, 0) is 18.2 Å². The van der Waals surface area contributed by atoms with Gasteiger partial charge in [0.25, 0.3) is 5.52 Å². The zero-order chi connectivity index (χ0) is 11.5. The van der Waals surface area contributed by atoms with E-state index in [0.29, 0.717) is 16.3 Å². The van der Waals surface area contributed by atoms with E-state index < -0.39 is 5.97 Å². The summed E-state index contributed by atoms with van der Waals surface area (Å²) in [6, 6.07) is 6.97. The lowest BCUT2D eigenvalue weighted by Crippen LogP contribution is -2.12. The summed E-state index contributed by atoms with van der Waals surface area (Å²) in [6.07, 6.45) is 1.73. The maximum Gasteiger partial charge on any atom is 0.341 e. The standard InChI is InChI=1S/C11H8ClNO3/c12-8-3-4-9(16-6-10(14)15)11-7(8)2-1-5-13-11/h1-5H,6H2,(H,14,15)/p+1. The topological polar surface area (TPSA) is 60.7 Å². The number of carboxylic acid groups (broad SMARTS) is 1. The van der Waals surface area contributed by atoms with Gasteiger partial charge in [0.1, 0.15) is 0 Å². The summed E-state index contributed by atoms with van der Waals surface area (Å²) in [7, 11) is 0. The fourth-order valence-electron chi connectivity index (χ4n) is 1.42. The monoisotopic (exact) mass is 238 g/mol. The van der Waals surface area contributed by atoms with Crippen LogP contribution >= 0.6 is 11.6 Å². The van der Waals surface area contributed by atoms with Gasteiger partial charge in [-0.15, -0.1) is 0 Å². The number of aromatic amines is 1. The maximum atomic E-state index is 10.4. The molecule has 2 N–H and O–H groups in total. The number of H-pyrrole nitrogens is 1. The number of ether oxygens (including phenoxy) is 1. The zero-order valence-electron chi connectivity index (χ0n) is 8.24. The first-order valence-electron chi connectivity index (χ1n) is 4.62. The molecule has 0 saturated carbocycles. The lowest BCUT2D eigenvalue weighted by molar-refractivity contribution is -0.345. The molecule has 2 rings (SSSR count). The van der Waals surface area contributed by atoms with Gasteiger partial charge in [0.15, 0.2) is 18.6 Å². The smallest absolute Gasteiger partial charge is 0.341 e. The zero-order valence-corrected chi connectivity index (χ0v) is 8.99. The molecule has 0 fully saturated rings. The summed E-state index contributed by atoms with van der Waals surface area (Å²) in [4.78, 5) is 13.4. The molecule has 0 aliphatic heterocycles. The van der Waals surface area contributed by atoms with Crippen molar-refractivity contribution in [3.8, 4) is 5.75 Å². The fourth-order valence-corrected chi connectivity index (χ4v) is 1.64. The van der Waals surface area contributed by atoms with E-state index in [-0.39, 0.29) is 6.61 Å². The number of halogens is 1. The Morgan fingerprint density at radius 3 is 3.00 bits per heavy atom. The Bertz CT molecular complexity index is 542. The molecule has 1 aromatic carbocycles. The number of hydrogen-bond acceptors (Lipinski definition) is 2. The minimum Gasteiger partial charge on any atom is -0.479 e. The van der Waals surface area contributed by atoms with Crippen LogP contribution in [0.1, 0.15) is 0 Å². The van der Waals surface area contributed by atoms with Crippen molar-refractivity contribution < 1.29 is 19.6 Å². The van der Waals surface area contributed by atoms with Gasteiger partial charge >= 0.3 is 5.97 Å². The number of fused-ring (bicyclic) bond motifs is 1. The Morgan fingerprint density at radius 1 is 1.44 bits per heavy atom. The summed E-state index contributed by atoms with van der Waals surface area (Å²) in [6.45, 7) is -0.376. The van der Waals surface area contributed by atoms with Crippen LogP contribution in [-0.4, -0.2) is 17.7 Å². The summed E-state index contributed by atoms with van der Waals surface area (Å²) in [5, 5.41) is 9.93. The van der Waals surface area contributed by atoms with E-state index in [0.717, 1.165) is 5.39 Å². The molecule has 0 atom stereocenters. The third-order valence-electron chi connectivity index (χ3n) is 2.09. The predicted molar refractivity (Wildman–Crippen MR) is 58.6 cm³/mol. The second-order valence-corrected chi connectivity index (χ2v) is 3.59. The van der Waals surface area contributed by atoms with Crippen LogP contribution in [0.2, 0.25) is 5.02 Å². The van der Waals surface area contributed by atoms with E-state index in [1.54, 1.807) is 18.3 Å². The average Bonchev–Trinajstić information content (AvgIpc) is 2.28. The number of hydrogen-bond donors (Lipinski definition) is 1. The number of pyridine rings is 1. The Balaban J connectivity index is 2.46. The van der Waals surface area contributed by atoms with Crippen molar-refractivity contribution in [2.45, 2.75) is 0 Å². The van der Waals surface area contributed by atoms with Crippen LogP contribution in [0, 0.1) is 0 Å². The quantitative estimate of drug-likeness (QED) is 0.887. The molecular weight excluding hydrogens is 230 g/mol. The van der Waals surface area contributed by atoms with Gasteiger partial charge in [-0.2, -0.15) is 0 Å². The van der Waals surface area contributed by atoms with Crippen molar-refractivity contribution in [2.24, 2.45) is 0 Å². The van der Waals surface area contributed by atoms with Crippen LogP contribution in [0.15, 0.2) is 30.5 Å². The maximum absolute atomic E-state index is 10.4. The molecule has 0 spiro atoms. The van der Waals surface area contributed by atoms with Crippen molar-refractivity contribution in [1.82, 2.24) is 0 Å². The van der Waals surface area contributed by atoms with Gasteiger partial charge in [0, 0.05) is 6.07 Å². The molecule has 5 heteroatoms. The number of carbonyl (C=O) groups is 1. The van der Waals surface area contributed by atoms with Gasteiger partial charge < -0.3 is 9.84 Å². The summed E-state index contributed by atoms with van der Waals surface area (Å²) in [5.41, 5.74) is 0.691. The largest absolute Gasteiger partial charge is 0.479 e. The SMILES string of the molecule is O=C(O)COc1ccc(Cl)c2ccc[nH+]c12. The molecule has 0 saturated heterocycles. The number of rotatable bonds is 3. The minimum atomic E-state index is -1.01. The molecule has 16 heavy (non-hydrogen) atoms. The number of aromatic nitrogens is 1. The first kappa shape index (κ1) is 10.7. The molecule has 0 bridgehead atoms. The predicted octanol–water partition coefficient (Wildman–Crippen LogP) is 1.77. The van der Waals surface area contributed by atoms with Crippen molar-refractivity contribution >= 4 is 28.5 Å². The van der Waals surface area contributed by atoms with E-state index >= 15 is 0 Å². The second kappa shape index (κ2) is 4.37. The molecule has 0 aliphatic rings. The molecule has 0 aliphatic carbocycles. The Morgan fingerprint density at radius 2 is 2.25 bits per heavy atom. The number of aliphatic carboxylic acids is 1. The second-order valence-electron chi connectivity index (χ2n) is 3.19. The molecule has 82 valence electrons. The Labute approximate surface area is 96.4 Å². The van der Waals surface area contributed by atoms with Crippen molar-refractivity contribution in [3.63, 3.8) is 0 Å². The van der Waals surface area contributed by atoms with Crippen molar-refractivity contribution in [1.29, 1.82) is 0 Å². The van der Waals surface area contributed by atoms with Gasteiger partial charge in [-0.3, -0.25) is 0 Å². The fraction of sp³-hybridized carbons (Fsp3) is 0.0909. The number of nitrogens with one attached hydrogen (secondary N) is 1. The molecule has 1 heterocycles. The van der Waals surface area contributed by atoms with E-state index in [9.17, 15) is 4.79 Å². The average molecular weight is 239 g/mol. The highest BCUT2D eigenvalue weighted by atomic mass is 35.5. The highest BCUT2D eigenvalue weighted by Crippen LogP contribution is 2.27. The number of carboxylic acids is 1. The summed E-state index contributed by atoms with van der Waals surface area (Å²) >= 11 is 6.00. The first-order valence-corrected chi connectivity index (χ1v) is 5.00. The van der Waals surface area contributed by atoms with Crippen LogP contribution in [0.5, 0.6) is 5.75 Å².